The van der Waals surface area contributed by atoms with Gasteiger partial charge in [0.1, 0.15) is 5.75 Å². The Morgan fingerprint density at radius 2 is 1.79 bits per heavy atom. The minimum absolute atomic E-state index is 0. The van der Waals surface area contributed by atoms with Crippen LogP contribution in [0.25, 0.3) is 0 Å². The second kappa shape index (κ2) is 10.4. The average Bonchev–Trinajstić information content (AvgIpc) is 3.46. The number of nitrogens with one attached hydrogen (secondary N) is 2. The maximum absolute atomic E-state index is 12.8. The van der Waals surface area contributed by atoms with Gasteiger partial charge in [-0.05, 0) is 50.0 Å². The predicted molar refractivity (Wildman–Crippen MR) is 137 cm³/mol. The maximum atomic E-state index is 12.8. The number of ether oxygens (including phenoxy) is 1. The Labute approximate surface area is 212 Å². The zero-order valence-corrected chi connectivity index (χ0v) is 21.4. The highest BCUT2D eigenvalue weighted by Gasteiger charge is 2.58. The first-order valence-corrected chi connectivity index (χ1v) is 11.9. The zero-order valence-electron chi connectivity index (χ0n) is 19.0. The van der Waals surface area contributed by atoms with E-state index < -0.39 is 0 Å². The zero-order chi connectivity index (χ0) is 22.1. The first kappa shape index (κ1) is 24.0. The number of para-hydroxylation sites is 1. The van der Waals surface area contributed by atoms with Crippen molar-refractivity contribution in [3.05, 3.63) is 42.0 Å². The normalized spacial score (nSPS) is 27.9. The Balaban J connectivity index is 0.00000259. The van der Waals surface area contributed by atoms with Crippen LogP contribution in [0.15, 0.2) is 41.4 Å². The molecule has 2 N–H and O–H groups in total. The fraction of sp³-hybridized carbons (Fsp3) is 0.560. The van der Waals surface area contributed by atoms with Crippen LogP contribution in [0.5, 0.6) is 5.75 Å². The smallest absolute Gasteiger partial charge is 0.233 e. The van der Waals surface area contributed by atoms with E-state index in [0.717, 1.165) is 30.6 Å². The number of imide groups is 1. The lowest BCUT2D eigenvalue weighted by atomic mass is 9.85. The topological polar surface area (TPSA) is 83.0 Å². The Bertz CT molecular complexity index is 915. The van der Waals surface area contributed by atoms with Gasteiger partial charge in [0, 0.05) is 32.2 Å². The summed E-state index contributed by atoms with van der Waals surface area (Å²) in [6, 6.07) is 8.10. The molecule has 4 unspecified atom stereocenters. The monoisotopic (exact) mass is 564 g/mol. The molecule has 1 aromatic carbocycles. The van der Waals surface area contributed by atoms with Gasteiger partial charge in [0.25, 0.3) is 0 Å². The minimum Gasteiger partial charge on any atom is -0.490 e. The summed E-state index contributed by atoms with van der Waals surface area (Å²) in [5, 5.41) is 6.63. The first-order valence-electron chi connectivity index (χ1n) is 11.9. The number of guanidine groups is 1. The van der Waals surface area contributed by atoms with Gasteiger partial charge in [0.15, 0.2) is 5.96 Å². The Morgan fingerprint density at radius 3 is 2.42 bits per heavy atom. The molecule has 3 aliphatic carbocycles. The lowest BCUT2D eigenvalue weighted by Gasteiger charge is -2.27. The summed E-state index contributed by atoms with van der Waals surface area (Å²) in [7, 11) is 1.74. The van der Waals surface area contributed by atoms with E-state index in [1.807, 2.05) is 18.2 Å². The van der Waals surface area contributed by atoms with Crippen molar-refractivity contribution in [1.82, 2.24) is 15.5 Å². The minimum atomic E-state index is -0.109. The number of amides is 2. The van der Waals surface area contributed by atoms with Crippen molar-refractivity contribution in [2.45, 2.75) is 44.8 Å². The Kier molecular flexibility index (Phi) is 7.61. The highest BCUT2D eigenvalue weighted by Crippen LogP contribution is 2.52. The van der Waals surface area contributed by atoms with Gasteiger partial charge in [0.05, 0.1) is 17.9 Å². The standard InChI is InChI=1S/C25H32N4O3.HI/c1-26-25(28-15-18-6-2-3-9-20(18)32-19-7-4-8-19)27-12-5-13-29-23(30)21-16-10-11-17(14-16)22(21)24(29)31;/h2-3,6,9-11,16-17,19,21-22H,4-5,7-8,12-15H2,1H3,(H2,26,27,28);1H. The second-order valence-electron chi connectivity index (χ2n) is 9.31. The fourth-order valence-corrected chi connectivity index (χ4v) is 5.46. The summed E-state index contributed by atoms with van der Waals surface area (Å²) in [5.41, 5.74) is 1.10. The molecule has 2 amide bonds. The third-order valence-electron chi connectivity index (χ3n) is 7.40. The van der Waals surface area contributed by atoms with Crippen molar-refractivity contribution in [3.8, 4) is 5.75 Å². The van der Waals surface area contributed by atoms with Crippen LogP contribution < -0.4 is 15.4 Å². The molecule has 3 fully saturated rings. The molecular formula is C25H33IN4O3. The van der Waals surface area contributed by atoms with Gasteiger partial charge < -0.3 is 15.4 Å². The summed E-state index contributed by atoms with van der Waals surface area (Å²) in [5.74, 6) is 2.00. The Hall–Kier alpha value is -2.10. The number of carbonyl (C=O) groups is 2. The molecule has 0 spiro atoms. The van der Waals surface area contributed by atoms with Crippen molar-refractivity contribution in [3.63, 3.8) is 0 Å². The molecule has 5 rings (SSSR count). The van der Waals surface area contributed by atoms with Crippen LogP contribution >= 0.6 is 24.0 Å². The number of fused-ring (bicyclic) bond motifs is 5. The van der Waals surface area contributed by atoms with E-state index in [1.54, 1.807) is 7.05 Å². The molecule has 8 heteroatoms. The van der Waals surface area contributed by atoms with Crippen LogP contribution in [0.2, 0.25) is 0 Å². The number of likely N-dealkylation sites (tertiary alicyclic amines) is 1. The molecule has 7 nitrogen and oxygen atoms in total. The third-order valence-corrected chi connectivity index (χ3v) is 7.40. The number of rotatable bonds is 8. The number of hydrogen-bond donors (Lipinski definition) is 2. The van der Waals surface area contributed by atoms with E-state index in [4.69, 9.17) is 4.74 Å². The van der Waals surface area contributed by atoms with Gasteiger partial charge in [-0.1, -0.05) is 30.4 Å². The quantitative estimate of drug-likeness (QED) is 0.127. The number of benzene rings is 1. The van der Waals surface area contributed by atoms with Crippen LogP contribution in [-0.4, -0.2) is 48.9 Å². The average molecular weight is 564 g/mol. The number of halogens is 1. The van der Waals surface area contributed by atoms with Gasteiger partial charge in [0.2, 0.25) is 11.8 Å². The molecule has 4 aliphatic rings. The molecule has 4 atom stereocenters. The SMILES string of the molecule is CN=C(NCCCN1C(=O)C2C3C=CC(C3)C2C1=O)NCc1ccccc1OC1CCC1.I. The number of aliphatic imine (C=N–C) groups is 1. The van der Waals surface area contributed by atoms with Crippen molar-refractivity contribution in [2.75, 3.05) is 20.1 Å². The van der Waals surface area contributed by atoms with E-state index in [9.17, 15) is 9.59 Å². The van der Waals surface area contributed by atoms with E-state index in [-0.39, 0.29) is 59.5 Å². The number of hydrogen-bond acceptors (Lipinski definition) is 4. The van der Waals surface area contributed by atoms with Crippen LogP contribution in [-0.2, 0) is 16.1 Å². The molecular weight excluding hydrogens is 531 g/mol. The van der Waals surface area contributed by atoms with E-state index in [2.05, 4.69) is 33.8 Å². The predicted octanol–water partition coefficient (Wildman–Crippen LogP) is 3.10. The van der Waals surface area contributed by atoms with Gasteiger partial charge >= 0.3 is 0 Å². The fourth-order valence-electron chi connectivity index (χ4n) is 5.46. The van der Waals surface area contributed by atoms with Gasteiger partial charge in [-0.2, -0.15) is 0 Å². The number of allylic oxidation sites excluding steroid dienone is 2. The van der Waals surface area contributed by atoms with Crippen molar-refractivity contribution in [1.29, 1.82) is 0 Å². The third kappa shape index (κ3) is 4.76. The van der Waals surface area contributed by atoms with Crippen molar-refractivity contribution >= 4 is 41.8 Å². The highest BCUT2D eigenvalue weighted by molar-refractivity contribution is 14.0. The summed E-state index contributed by atoms with van der Waals surface area (Å²) in [6.07, 6.45) is 9.78. The van der Waals surface area contributed by atoms with E-state index >= 15 is 0 Å². The lowest BCUT2D eigenvalue weighted by molar-refractivity contribution is -0.140. The first-order chi connectivity index (χ1) is 15.7. The van der Waals surface area contributed by atoms with Crippen molar-refractivity contribution < 1.29 is 14.3 Å². The second-order valence-corrected chi connectivity index (χ2v) is 9.31. The molecule has 33 heavy (non-hydrogen) atoms. The lowest BCUT2D eigenvalue weighted by Crippen LogP contribution is -2.39. The molecule has 2 saturated carbocycles. The van der Waals surface area contributed by atoms with E-state index in [0.29, 0.717) is 38.1 Å². The molecule has 2 bridgehead atoms. The van der Waals surface area contributed by atoms with Gasteiger partial charge in [-0.3, -0.25) is 19.5 Å². The Morgan fingerprint density at radius 1 is 1.09 bits per heavy atom. The van der Waals surface area contributed by atoms with E-state index in [1.165, 1.54) is 11.3 Å². The molecule has 0 radical (unpaired) electrons. The van der Waals surface area contributed by atoms with Crippen LogP contribution in [0.1, 0.15) is 37.7 Å². The molecule has 1 saturated heterocycles. The number of nitrogens with zero attached hydrogens (tertiary/aromatic N) is 2. The largest absolute Gasteiger partial charge is 0.490 e. The van der Waals surface area contributed by atoms with Gasteiger partial charge in [-0.15, -0.1) is 24.0 Å². The summed E-state index contributed by atoms with van der Waals surface area (Å²) >= 11 is 0. The molecule has 0 aromatic heterocycles. The molecule has 1 heterocycles. The van der Waals surface area contributed by atoms with Crippen LogP contribution in [0.4, 0.5) is 0 Å². The molecule has 1 aromatic rings. The number of carbonyl (C=O) groups excluding carboxylic acids is 2. The van der Waals surface area contributed by atoms with Crippen molar-refractivity contribution in [2.24, 2.45) is 28.7 Å². The maximum Gasteiger partial charge on any atom is 0.233 e. The summed E-state index contributed by atoms with van der Waals surface area (Å²) in [4.78, 5) is 31.3. The molecule has 178 valence electrons. The van der Waals surface area contributed by atoms with Crippen LogP contribution in [0.3, 0.4) is 0 Å². The summed E-state index contributed by atoms with van der Waals surface area (Å²) in [6.45, 7) is 1.72. The highest BCUT2D eigenvalue weighted by atomic mass is 127. The summed E-state index contributed by atoms with van der Waals surface area (Å²) < 4.78 is 6.10. The van der Waals surface area contributed by atoms with Crippen LogP contribution in [0, 0.1) is 23.7 Å². The molecule has 1 aliphatic heterocycles. The van der Waals surface area contributed by atoms with Gasteiger partial charge in [-0.25, -0.2) is 0 Å².